The number of rotatable bonds is 3. The Bertz CT molecular complexity index is 1160. The first-order chi connectivity index (χ1) is 15.5. The average Bonchev–Trinajstić information content (AvgIpc) is 3.40. The van der Waals surface area contributed by atoms with Gasteiger partial charge in [0.2, 0.25) is 18.6 Å². The second kappa shape index (κ2) is 7.39. The van der Waals surface area contributed by atoms with E-state index in [0.717, 1.165) is 17.7 Å². The van der Waals surface area contributed by atoms with Crippen LogP contribution in [-0.2, 0) is 22.7 Å². The molecule has 0 aliphatic carbocycles. The van der Waals surface area contributed by atoms with Crippen molar-refractivity contribution in [3.05, 3.63) is 58.0 Å². The van der Waals surface area contributed by atoms with E-state index in [1.807, 2.05) is 33.7 Å². The quantitative estimate of drug-likeness (QED) is 0.731. The standard InChI is InChI=1S/C24H25N3O5/c28-22-3-1-2-19-17-6-16(11-27(19)22)10-26(12-17)24(30)18-8-23(29)25(13-18)9-15-4-5-20-21(7-15)32-14-31-20/h1-5,7,16-18H,6,8-14H2/t16-,17+,18-/m1/s1. The molecular weight excluding hydrogens is 410 g/mol. The topological polar surface area (TPSA) is 81.1 Å². The van der Waals surface area contributed by atoms with Crippen molar-refractivity contribution in [2.45, 2.75) is 31.8 Å². The second-order valence-corrected chi connectivity index (χ2v) is 9.30. The number of benzene rings is 1. The van der Waals surface area contributed by atoms with E-state index in [2.05, 4.69) is 0 Å². The molecular formula is C24H25N3O5. The Morgan fingerprint density at radius 1 is 1.00 bits per heavy atom. The van der Waals surface area contributed by atoms with Gasteiger partial charge in [-0.3, -0.25) is 14.4 Å². The molecule has 0 N–H and O–H groups in total. The number of hydrogen-bond donors (Lipinski definition) is 0. The Kier molecular flexibility index (Phi) is 4.48. The Morgan fingerprint density at radius 3 is 2.78 bits per heavy atom. The number of carbonyl (C=O) groups excluding carboxylic acids is 2. The molecule has 1 aromatic carbocycles. The smallest absolute Gasteiger partial charge is 0.250 e. The summed E-state index contributed by atoms with van der Waals surface area (Å²) < 4.78 is 12.6. The first-order valence-corrected chi connectivity index (χ1v) is 11.2. The Labute approximate surface area is 185 Å². The molecule has 8 nitrogen and oxygen atoms in total. The van der Waals surface area contributed by atoms with Gasteiger partial charge in [0.25, 0.3) is 5.56 Å². The van der Waals surface area contributed by atoms with E-state index in [1.54, 1.807) is 17.0 Å². The normalized spacial score (nSPS) is 25.8. The number of aromatic nitrogens is 1. The van der Waals surface area contributed by atoms with Gasteiger partial charge in [-0.1, -0.05) is 12.1 Å². The molecule has 2 aromatic rings. The first-order valence-electron chi connectivity index (χ1n) is 11.2. The highest BCUT2D eigenvalue weighted by Gasteiger charge is 2.41. The number of likely N-dealkylation sites (tertiary alicyclic amines) is 2. The largest absolute Gasteiger partial charge is 0.454 e. The first kappa shape index (κ1) is 19.4. The number of hydrogen-bond acceptors (Lipinski definition) is 5. The van der Waals surface area contributed by atoms with Gasteiger partial charge >= 0.3 is 0 Å². The van der Waals surface area contributed by atoms with Gasteiger partial charge in [0.15, 0.2) is 11.5 Å². The summed E-state index contributed by atoms with van der Waals surface area (Å²) in [5.41, 5.74) is 2.03. The summed E-state index contributed by atoms with van der Waals surface area (Å²) in [5.74, 6) is 1.64. The van der Waals surface area contributed by atoms with Crippen LogP contribution in [0.2, 0.25) is 0 Å². The maximum atomic E-state index is 13.3. The van der Waals surface area contributed by atoms with Crippen molar-refractivity contribution >= 4 is 11.8 Å². The SMILES string of the molecule is O=C1C[C@@H](C(=O)N2C[C@H]3C[C@@H](C2)c2cccc(=O)n2C3)CN1Cc1ccc2c(c1)OCO2. The van der Waals surface area contributed by atoms with E-state index in [9.17, 15) is 14.4 Å². The summed E-state index contributed by atoms with van der Waals surface area (Å²) in [5, 5.41) is 0. The zero-order valence-electron chi connectivity index (χ0n) is 17.7. The molecule has 0 saturated carbocycles. The number of carbonyl (C=O) groups is 2. The average molecular weight is 435 g/mol. The highest BCUT2D eigenvalue weighted by molar-refractivity contribution is 5.89. The molecule has 4 aliphatic rings. The van der Waals surface area contributed by atoms with Gasteiger partial charge in [0.1, 0.15) is 0 Å². The van der Waals surface area contributed by atoms with Crippen molar-refractivity contribution in [2.75, 3.05) is 26.4 Å². The molecule has 0 radical (unpaired) electrons. The third-order valence-corrected chi connectivity index (χ3v) is 7.17. The van der Waals surface area contributed by atoms with Crippen LogP contribution in [0.15, 0.2) is 41.2 Å². The molecule has 2 fully saturated rings. The van der Waals surface area contributed by atoms with Crippen LogP contribution in [0.25, 0.3) is 0 Å². The van der Waals surface area contributed by atoms with Crippen LogP contribution in [0.1, 0.15) is 30.0 Å². The zero-order chi connectivity index (χ0) is 21.8. The van der Waals surface area contributed by atoms with Crippen molar-refractivity contribution in [1.82, 2.24) is 14.4 Å². The Hall–Kier alpha value is -3.29. The minimum Gasteiger partial charge on any atom is -0.454 e. The van der Waals surface area contributed by atoms with Crippen LogP contribution >= 0.6 is 0 Å². The van der Waals surface area contributed by atoms with E-state index >= 15 is 0 Å². The summed E-state index contributed by atoms with van der Waals surface area (Å²) in [6.45, 7) is 3.05. The van der Waals surface area contributed by atoms with E-state index < -0.39 is 0 Å². The lowest BCUT2D eigenvalue weighted by molar-refractivity contribution is -0.138. The zero-order valence-corrected chi connectivity index (χ0v) is 17.7. The van der Waals surface area contributed by atoms with Crippen LogP contribution in [0.3, 0.4) is 0 Å². The third-order valence-electron chi connectivity index (χ3n) is 7.17. The molecule has 3 atom stereocenters. The van der Waals surface area contributed by atoms with Gasteiger partial charge < -0.3 is 23.8 Å². The van der Waals surface area contributed by atoms with Gasteiger partial charge in [-0.05, 0) is 36.1 Å². The number of fused-ring (bicyclic) bond motifs is 5. The predicted octanol–water partition coefficient (Wildman–Crippen LogP) is 1.57. The monoisotopic (exact) mass is 435 g/mol. The minimum absolute atomic E-state index is 0.00937. The third kappa shape index (κ3) is 3.25. The molecule has 0 spiro atoms. The number of ether oxygens (including phenoxy) is 2. The van der Waals surface area contributed by atoms with Gasteiger partial charge in [0, 0.05) is 56.8 Å². The molecule has 32 heavy (non-hydrogen) atoms. The lowest BCUT2D eigenvalue weighted by Crippen LogP contribution is -2.50. The number of piperidine rings is 1. The molecule has 2 bridgehead atoms. The number of nitrogens with zero attached hydrogens (tertiary/aromatic N) is 3. The molecule has 0 unspecified atom stereocenters. The predicted molar refractivity (Wildman–Crippen MR) is 114 cm³/mol. The Balaban J connectivity index is 1.14. The second-order valence-electron chi connectivity index (χ2n) is 9.30. The molecule has 8 heteroatoms. The number of pyridine rings is 1. The summed E-state index contributed by atoms with van der Waals surface area (Å²) in [4.78, 5) is 41.9. The molecule has 2 amide bonds. The van der Waals surface area contributed by atoms with Crippen LogP contribution in [-0.4, -0.2) is 52.6 Å². The van der Waals surface area contributed by atoms with Crippen LogP contribution in [0.4, 0.5) is 0 Å². The van der Waals surface area contributed by atoms with Crippen LogP contribution < -0.4 is 15.0 Å². The van der Waals surface area contributed by atoms with Crippen molar-refractivity contribution in [3.63, 3.8) is 0 Å². The maximum Gasteiger partial charge on any atom is 0.250 e. The van der Waals surface area contributed by atoms with E-state index in [1.165, 1.54) is 0 Å². The molecule has 6 rings (SSSR count). The maximum absolute atomic E-state index is 13.3. The molecule has 5 heterocycles. The van der Waals surface area contributed by atoms with Gasteiger partial charge in [0.05, 0.1) is 5.92 Å². The lowest BCUT2D eigenvalue weighted by atomic mass is 9.82. The van der Waals surface area contributed by atoms with Crippen molar-refractivity contribution in [1.29, 1.82) is 0 Å². The molecule has 1 aromatic heterocycles. The van der Waals surface area contributed by atoms with Gasteiger partial charge in [-0.25, -0.2) is 0 Å². The molecule has 4 aliphatic heterocycles. The summed E-state index contributed by atoms with van der Waals surface area (Å²) >= 11 is 0. The summed E-state index contributed by atoms with van der Waals surface area (Å²) in [6, 6.07) is 11.1. The Morgan fingerprint density at radius 2 is 1.88 bits per heavy atom. The van der Waals surface area contributed by atoms with Crippen molar-refractivity contribution < 1.29 is 19.1 Å². The summed E-state index contributed by atoms with van der Waals surface area (Å²) in [6.07, 6.45) is 1.26. The summed E-state index contributed by atoms with van der Waals surface area (Å²) in [7, 11) is 0. The van der Waals surface area contributed by atoms with E-state index in [4.69, 9.17) is 9.47 Å². The fourth-order valence-corrected chi connectivity index (χ4v) is 5.68. The fraction of sp³-hybridized carbons (Fsp3) is 0.458. The lowest BCUT2D eigenvalue weighted by Gasteiger charge is -2.43. The fourth-order valence-electron chi connectivity index (χ4n) is 5.68. The van der Waals surface area contributed by atoms with Gasteiger partial charge in [-0.2, -0.15) is 0 Å². The van der Waals surface area contributed by atoms with E-state index in [0.29, 0.717) is 44.2 Å². The van der Waals surface area contributed by atoms with Crippen molar-refractivity contribution in [3.8, 4) is 11.5 Å². The van der Waals surface area contributed by atoms with Gasteiger partial charge in [-0.15, -0.1) is 0 Å². The molecule has 166 valence electrons. The van der Waals surface area contributed by atoms with E-state index in [-0.39, 0.29) is 48.3 Å². The minimum atomic E-state index is -0.312. The number of amides is 2. The van der Waals surface area contributed by atoms with Crippen LogP contribution in [0.5, 0.6) is 11.5 Å². The van der Waals surface area contributed by atoms with Crippen LogP contribution in [0, 0.1) is 11.8 Å². The highest BCUT2D eigenvalue weighted by Crippen LogP contribution is 2.37. The van der Waals surface area contributed by atoms with Crippen molar-refractivity contribution in [2.24, 2.45) is 11.8 Å². The molecule has 2 saturated heterocycles. The highest BCUT2D eigenvalue weighted by atomic mass is 16.7.